The largest absolute Gasteiger partial charge is 0.438 e. The number of aliphatic hydroxyl groups is 1. The van der Waals surface area contributed by atoms with Crippen LogP contribution < -0.4 is 5.32 Å². The van der Waals surface area contributed by atoms with Gasteiger partial charge < -0.3 is 20.1 Å². The molecule has 1 saturated heterocycles. The van der Waals surface area contributed by atoms with Crippen molar-refractivity contribution >= 4 is 23.3 Å². The number of benzene rings is 2. The Balaban J connectivity index is 1.48. The number of hydrogen-bond donors (Lipinski definition) is 2. The molecule has 202 valence electrons. The first-order valence-corrected chi connectivity index (χ1v) is 13.8. The van der Waals surface area contributed by atoms with E-state index < -0.39 is 17.3 Å². The smallest absolute Gasteiger partial charge is 0.411 e. The molecule has 2 unspecified atom stereocenters. The Kier molecular flexibility index (Phi) is 7.68. The zero-order valence-corrected chi connectivity index (χ0v) is 23.8. The number of nitrogens with one attached hydrogen (secondary N) is 1. The minimum Gasteiger partial charge on any atom is -0.438 e. The lowest BCUT2D eigenvalue weighted by Crippen LogP contribution is -2.51. The quantitative estimate of drug-likeness (QED) is 0.371. The highest BCUT2D eigenvalue weighted by atomic mass is 32.1. The van der Waals surface area contributed by atoms with Gasteiger partial charge in [-0.25, -0.2) is 9.78 Å². The van der Waals surface area contributed by atoms with Gasteiger partial charge in [0.25, 0.3) is 5.91 Å². The lowest BCUT2D eigenvalue weighted by Gasteiger charge is -2.45. The second kappa shape index (κ2) is 10.5. The Morgan fingerprint density at radius 2 is 1.79 bits per heavy atom. The van der Waals surface area contributed by atoms with E-state index in [1.54, 1.807) is 24.1 Å². The highest BCUT2D eigenvalue weighted by molar-refractivity contribution is 7.13. The molecule has 0 bridgehead atoms. The van der Waals surface area contributed by atoms with Gasteiger partial charge in [-0.1, -0.05) is 54.6 Å². The molecule has 1 fully saturated rings. The van der Waals surface area contributed by atoms with Gasteiger partial charge in [-0.05, 0) is 52.7 Å². The average molecular weight is 536 g/mol. The van der Waals surface area contributed by atoms with Gasteiger partial charge in [-0.2, -0.15) is 0 Å². The monoisotopic (exact) mass is 535 g/mol. The van der Waals surface area contributed by atoms with Crippen molar-refractivity contribution in [2.45, 2.75) is 77.2 Å². The molecule has 2 aromatic carbocycles. The Morgan fingerprint density at radius 1 is 1.13 bits per heavy atom. The van der Waals surface area contributed by atoms with Crippen LogP contribution in [0.15, 0.2) is 60.0 Å². The van der Waals surface area contributed by atoms with E-state index in [4.69, 9.17) is 4.74 Å². The molecule has 2 atom stereocenters. The van der Waals surface area contributed by atoms with E-state index in [1.807, 2.05) is 82.3 Å². The van der Waals surface area contributed by atoms with Crippen molar-refractivity contribution in [1.82, 2.24) is 15.2 Å². The van der Waals surface area contributed by atoms with Crippen LogP contribution in [0.4, 0.5) is 4.79 Å². The van der Waals surface area contributed by atoms with Crippen LogP contribution in [-0.4, -0.2) is 44.7 Å². The van der Waals surface area contributed by atoms with Crippen molar-refractivity contribution < 1.29 is 19.4 Å². The third-order valence-corrected chi connectivity index (χ3v) is 7.52. The number of carbonyl (C=O) groups is 2. The van der Waals surface area contributed by atoms with E-state index in [-0.39, 0.29) is 17.5 Å². The van der Waals surface area contributed by atoms with Crippen LogP contribution in [0.3, 0.4) is 0 Å². The van der Waals surface area contributed by atoms with Crippen LogP contribution in [0.5, 0.6) is 0 Å². The Bertz CT molecular complexity index is 1280. The summed E-state index contributed by atoms with van der Waals surface area (Å²) in [5.74, 6) is -0.190. The first kappa shape index (κ1) is 27.8. The second-order valence-electron chi connectivity index (χ2n) is 11.7. The van der Waals surface area contributed by atoms with Crippen LogP contribution >= 0.6 is 11.3 Å². The van der Waals surface area contributed by atoms with Gasteiger partial charge in [0.05, 0.1) is 11.6 Å². The number of cyclic esters (lactones) is 1. The summed E-state index contributed by atoms with van der Waals surface area (Å²) in [7, 11) is 0. The Morgan fingerprint density at radius 3 is 2.37 bits per heavy atom. The zero-order chi connectivity index (χ0) is 27.7. The van der Waals surface area contributed by atoms with E-state index in [2.05, 4.69) is 10.3 Å². The molecule has 8 heteroatoms. The molecule has 1 aliphatic heterocycles. The van der Waals surface area contributed by atoms with E-state index in [0.717, 1.165) is 21.7 Å². The molecule has 38 heavy (non-hydrogen) atoms. The number of ether oxygens (including phenoxy) is 1. The first-order chi connectivity index (χ1) is 17.8. The topological polar surface area (TPSA) is 91.8 Å². The number of aromatic nitrogens is 1. The first-order valence-electron chi connectivity index (χ1n) is 12.9. The summed E-state index contributed by atoms with van der Waals surface area (Å²) in [6.07, 6.45) is 0.500. The van der Waals surface area contributed by atoms with E-state index >= 15 is 0 Å². The molecular formula is C30H37N3O4S. The predicted octanol–water partition coefficient (Wildman–Crippen LogP) is 6.30. The van der Waals surface area contributed by atoms with Gasteiger partial charge in [0.2, 0.25) is 0 Å². The van der Waals surface area contributed by atoms with Gasteiger partial charge in [0.1, 0.15) is 16.3 Å². The lowest BCUT2D eigenvalue weighted by molar-refractivity contribution is -0.101. The molecule has 4 rings (SSSR count). The molecule has 0 aliphatic carbocycles. The fourth-order valence-corrected chi connectivity index (χ4v) is 5.70. The number of nitrogens with zero attached hydrogens (tertiary/aromatic N) is 2. The summed E-state index contributed by atoms with van der Waals surface area (Å²) in [6, 6.07) is 17.4. The van der Waals surface area contributed by atoms with Gasteiger partial charge in [0.15, 0.2) is 0 Å². The highest BCUT2D eigenvalue weighted by Crippen LogP contribution is 2.42. The van der Waals surface area contributed by atoms with Crippen LogP contribution in [0.25, 0.3) is 10.6 Å². The number of amides is 2. The van der Waals surface area contributed by atoms with Crippen molar-refractivity contribution in [2.75, 3.05) is 6.54 Å². The molecule has 0 saturated carbocycles. The summed E-state index contributed by atoms with van der Waals surface area (Å²) in [6.45, 7) is 11.8. The predicted molar refractivity (Wildman–Crippen MR) is 150 cm³/mol. The van der Waals surface area contributed by atoms with Crippen molar-refractivity contribution in [3.05, 3.63) is 76.8 Å². The van der Waals surface area contributed by atoms with Crippen LogP contribution in [0.1, 0.15) is 82.0 Å². The number of thiazole rings is 1. The van der Waals surface area contributed by atoms with Gasteiger partial charge in [-0.3, -0.25) is 4.79 Å². The zero-order valence-electron chi connectivity index (χ0n) is 22.9. The fourth-order valence-electron chi connectivity index (χ4n) is 4.89. The molecule has 7 nitrogen and oxygen atoms in total. The average Bonchev–Trinajstić information content (AvgIpc) is 3.33. The fraction of sp³-hybridized carbons (Fsp3) is 0.433. The van der Waals surface area contributed by atoms with Crippen molar-refractivity contribution in [2.24, 2.45) is 0 Å². The van der Waals surface area contributed by atoms with E-state index in [9.17, 15) is 14.7 Å². The van der Waals surface area contributed by atoms with E-state index in [0.29, 0.717) is 25.1 Å². The van der Waals surface area contributed by atoms with Crippen molar-refractivity contribution in [1.29, 1.82) is 0 Å². The van der Waals surface area contributed by atoms with Crippen LogP contribution in [0, 0.1) is 0 Å². The number of rotatable bonds is 7. The SMILES string of the molecule is CC(c1ccc(-c2nc(C(=O)NC(C)(C)C)cs2)cc1)N1CCC(CC(C)(C)O)(c2ccccc2)OC1=O. The van der Waals surface area contributed by atoms with Gasteiger partial charge >= 0.3 is 6.09 Å². The number of hydrogen-bond acceptors (Lipinski definition) is 6. The third-order valence-electron chi connectivity index (χ3n) is 6.62. The molecule has 1 aromatic heterocycles. The van der Waals surface area contributed by atoms with Gasteiger partial charge in [0, 0.05) is 35.9 Å². The molecule has 3 aromatic rings. The summed E-state index contributed by atoms with van der Waals surface area (Å²) < 4.78 is 6.12. The van der Waals surface area contributed by atoms with Crippen molar-refractivity contribution in [3.63, 3.8) is 0 Å². The maximum Gasteiger partial charge on any atom is 0.411 e. The minimum atomic E-state index is -0.997. The molecule has 1 aliphatic rings. The molecule has 0 radical (unpaired) electrons. The maximum atomic E-state index is 13.3. The van der Waals surface area contributed by atoms with Gasteiger partial charge in [-0.15, -0.1) is 11.3 Å². The molecule has 2 N–H and O–H groups in total. The summed E-state index contributed by atoms with van der Waals surface area (Å²) >= 11 is 1.42. The van der Waals surface area contributed by atoms with Crippen LogP contribution in [-0.2, 0) is 10.3 Å². The number of carbonyl (C=O) groups excluding carboxylic acids is 2. The van der Waals surface area contributed by atoms with Crippen molar-refractivity contribution in [3.8, 4) is 10.6 Å². The molecule has 2 amide bonds. The molecular weight excluding hydrogens is 498 g/mol. The second-order valence-corrected chi connectivity index (χ2v) is 12.6. The van der Waals surface area contributed by atoms with Crippen LogP contribution in [0.2, 0.25) is 0 Å². The molecule has 2 heterocycles. The highest BCUT2D eigenvalue weighted by Gasteiger charge is 2.46. The van der Waals surface area contributed by atoms with E-state index in [1.165, 1.54) is 11.3 Å². The summed E-state index contributed by atoms with van der Waals surface area (Å²) in [4.78, 5) is 32.0. The normalized spacial score (nSPS) is 19.1. The third kappa shape index (κ3) is 6.42. The summed E-state index contributed by atoms with van der Waals surface area (Å²) in [5.41, 5.74) is 0.982. The Labute approximate surface area is 228 Å². The maximum absolute atomic E-state index is 13.3. The minimum absolute atomic E-state index is 0.190. The standard InChI is InChI=1S/C30H37N3O4S/c1-20(21-12-14-22(15-13-21)26-31-24(18-38-26)25(34)32-28(2,3)4)33-17-16-30(37-27(33)35,19-29(5,6)36)23-10-8-7-9-11-23/h7-15,18,20,36H,16-17,19H2,1-6H3,(H,32,34). The Hall–Kier alpha value is -3.23. The molecule has 0 spiro atoms. The lowest BCUT2D eigenvalue weighted by atomic mass is 9.80. The summed E-state index contributed by atoms with van der Waals surface area (Å²) in [5, 5.41) is 16.1.